The second-order valence-corrected chi connectivity index (χ2v) is 9.35. The van der Waals surface area contributed by atoms with Crippen molar-refractivity contribution in [3.63, 3.8) is 0 Å². The minimum Gasteiger partial charge on any atom is -0.490 e. The van der Waals surface area contributed by atoms with Crippen molar-refractivity contribution in [1.29, 1.82) is 5.41 Å². The molecule has 1 heterocycles. The van der Waals surface area contributed by atoms with E-state index in [1.165, 1.54) is 0 Å². The van der Waals surface area contributed by atoms with Crippen LogP contribution >= 0.6 is 0 Å². The second-order valence-electron chi connectivity index (χ2n) is 9.35. The normalized spacial score (nSPS) is 20.7. The van der Waals surface area contributed by atoms with E-state index in [-0.39, 0.29) is 18.0 Å². The van der Waals surface area contributed by atoms with Crippen LogP contribution in [0.25, 0.3) is 11.0 Å². The number of nitrogens with one attached hydrogen (secondary N) is 4. The molecular formula is C24H35F3N6O3. The Morgan fingerprint density at radius 3 is 2.58 bits per heavy atom. The third-order valence-corrected chi connectivity index (χ3v) is 6.06. The molecule has 2 atom stereocenters. The van der Waals surface area contributed by atoms with E-state index in [2.05, 4.69) is 20.9 Å². The summed E-state index contributed by atoms with van der Waals surface area (Å²) < 4.78 is 45.6. The number of nitrogens with zero attached hydrogens (tertiary/aromatic N) is 2. The summed E-state index contributed by atoms with van der Waals surface area (Å²) in [5, 5.41) is 35.8. The summed E-state index contributed by atoms with van der Waals surface area (Å²) in [5.41, 5.74) is 2.86. The zero-order valence-corrected chi connectivity index (χ0v) is 20.7. The fourth-order valence-corrected chi connectivity index (χ4v) is 4.10. The van der Waals surface area contributed by atoms with E-state index >= 15 is 0 Å². The number of ether oxygens (including phenoxy) is 1. The Balaban J connectivity index is 1.63. The number of halogens is 3. The number of hydrogen-bond donors (Lipinski definition) is 6. The predicted molar refractivity (Wildman–Crippen MR) is 132 cm³/mol. The van der Waals surface area contributed by atoms with Gasteiger partial charge in [0.1, 0.15) is 17.1 Å². The van der Waals surface area contributed by atoms with E-state index in [0.29, 0.717) is 49.2 Å². The predicted octanol–water partition coefficient (Wildman–Crippen LogP) is 3.04. The molecule has 1 saturated carbocycles. The summed E-state index contributed by atoms with van der Waals surface area (Å²) in [7, 11) is 1.87. The van der Waals surface area contributed by atoms with Crippen molar-refractivity contribution in [2.45, 2.75) is 70.1 Å². The van der Waals surface area contributed by atoms with Gasteiger partial charge in [0.15, 0.2) is 6.10 Å². The Morgan fingerprint density at radius 2 is 1.94 bits per heavy atom. The fraction of sp³-hybridized carbons (Fsp3) is 0.583. The van der Waals surface area contributed by atoms with Gasteiger partial charge in [0, 0.05) is 44.0 Å². The smallest absolute Gasteiger partial charge is 0.415 e. The zero-order valence-electron chi connectivity index (χ0n) is 20.7. The highest BCUT2D eigenvalue weighted by atomic mass is 19.4. The molecule has 0 unspecified atom stereocenters. The van der Waals surface area contributed by atoms with Crippen LogP contribution in [0.2, 0.25) is 0 Å². The molecule has 200 valence electrons. The van der Waals surface area contributed by atoms with Gasteiger partial charge in [0.25, 0.3) is 0 Å². The van der Waals surface area contributed by atoms with Gasteiger partial charge in [0.2, 0.25) is 0 Å². The van der Waals surface area contributed by atoms with E-state index in [0.717, 1.165) is 11.2 Å². The van der Waals surface area contributed by atoms with E-state index in [1.54, 1.807) is 25.4 Å². The van der Waals surface area contributed by atoms with Crippen molar-refractivity contribution < 1.29 is 28.1 Å². The molecule has 3 rings (SSSR count). The lowest BCUT2D eigenvalue weighted by Crippen LogP contribution is -2.44. The molecule has 12 heteroatoms. The third-order valence-electron chi connectivity index (χ3n) is 6.06. The van der Waals surface area contributed by atoms with Gasteiger partial charge in [-0.25, -0.2) is 4.98 Å². The average Bonchev–Trinajstić information content (AvgIpc) is 3.17. The number of benzene rings is 1. The van der Waals surface area contributed by atoms with Crippen LogP contribution in [-0.2, 0) is 7.05 Å². The molecule has 0 bridgehead atoms. The van der Waals surface area contributed by atoms with E-state index in [1.807, 2.05) is 24.6 Å². The number of rotatable bonds is 10. The number of aliphatic hydroxyl groups excluding tert-OH is 2. The second kappa shape index (κ2) is 11.9. The summed E-state index contributed by atoms with van der Waals surface area (Å²) in [6, 6.07) is 3.57. The molecule has 1 fully saturated rings. The summed E-state index contributed by atoms with van der Waals surface area (Å²) in [6.07, 6.45) is -1.68. The van der Waals surface area contributed by atoms with Gasteiger partial charge < -0.3 is 35.5 Å². The summed E-state index contributed by atoms with van der Waals surface area (Å²) >= 11 is 0. The van der Waals surface area contributed by atoms with Gasteiger partial charge in [-0.15, -0.1) is 0 Å². The quantitative estimate of drug-likeness (QED) is 0.213. The Hall–Kier alpha value is -2.83. The average molecular weight is 513 g/mol. The lowest BCUT2D eigenvalue weighted by molar-refractivity contribution is -0.202. The molecule has 6 N–H and O–H groups in total. The Labute approximate surface area is 208 Å². The number of fused-ring (bicyclic) bond motifs is 1. The van der Waals surface area contributed by atoms with Crippen LogP contribution in [0.4, 0.5) is 18.9 Å². The summed E-state index contributed by atoms with van der Waals surface area (Å²) in [5.74, 6) is 0.751. The lowest BCUT2D eigenvalue weighted by Gasteiger charge is -2.30. The summed E-state index contributed by atoms with van der Waals surface area (Å²) in [4.78, 5) is 4.43. The maximum Gasteiger partial charge on any atom is 0.415 e. The van der Waals surface area contributed by atoms with Gasteiger partial charge in [-0.1, -0.05) is 0 Å². The van der Waals surface area contributed by atoms with Crippen LogP contribution in [0.5, 0.6) is 5.75 Å². The molecular weight excluding hydrogens is 477 g/mol. The van der Waals surface area contributed by atoms with Gasteiger partial charge in [0.05, 0.1) is 29.7 Å². The van der Waals surface area contributed by atoms with Crippen LogP contribution in [0, 0.1) is 5.41 Å². The minimum atomic E-state index is -4.62. The molecule has 0 amide bonds. The van der Waals surface area contributed by atoms with Crippen LogP contribution in [0.3, 0.4) is 0 Å². The van der Waals surface area contributed by atoms with Crippen molar-refractivity contribution in [3.05, 3.63) is 30.2 Å². The number of alkyl halides is 3. The summed E-state index contributed by atoms with van der Waals surface area (Å²) in [6.45, 7) is 3.35. The fourth-order valence-electron chi connectivity index (χ4n) is 4.10. The van der Waals surface area contributed by atoms with Crippen molar-refractivity contribution in [2.75, 3.05) is 18.4 Å². The zero-order chi connectivity index (χ0) is 26.5. The first kappa shape index (κ1) is 27.8. The first-order chi connectivity index (χ1) is 16.9. The van der Waals surface area contributed by atoms with E-state index < -0.39 is 24.9 Å². The van der Waals surface area contributed by atoms with Crippen LogP contribution in [0.1, 0.15) is 39.5 Å². The Kier molecular flexibility index (Phi) is 9.20. The number of hydrogen-bond acceptors (Lipinski definition) is 7. The molecule has 1 aromatic carbocycles. The number of aryl methyl sites for hydroxylation is 1. The minimum absolute atomic E-state index is 0.0969. The molecule has 1 aliphatic carbocycles. The molecule has 36 heavy (non-hydrogen) atoms. The van der Waals surface area contributed by atoms with Gasteiger partial charge in [-0.3, -0.25) is 5.41 Å². The van der Waals surface area contributed by atoms with Crippen molar-refractivity contribution >= 4 is 22.6 Å². The Bertz CT molecular complexity index is 1060. The van der Waals surface area contributed by atoms with Gasteiger partial charge in [-0.2, -0.15) is 13.2 Å². The van der Waals surface area contributed by atoms with Crippen LogP contribution in [-0.4, -0.2) is 69.2 Å². The first-order valence-electron chi connectivity index (χ1n) is 12.0. The highest BCUT2D eigenvalue weighted by Gasteiger charge is 2.38. The molecule has 2 aromatic rings. The van der Waals surface area contributed by atoms with E-state index in [9.17, 15) is 23.4 Å². The van der Waals surface area contributed by atoms with Crippen LogP contribution < -0.4 is 20.7 Å². The topological polar surface area (TPSA) is 127 Å². The van der Waals surface area contributed by atoms with Crippen molar-refractivity contribution in [1.82, 2.24) is 20.2 Å². The molecule has 0 radical (unpaired) electrons. The van der Waals surface area contributed by atoms with Crippen molar-refractivity contribution in [3.8, 4) is 5.75 Å². The molecule has 0 saturated heterocycles. The first-order valence-corrected chi connectivity index (χ1v) is 12.0. The lowest BCUT2D eigenvalue weighted by atomic mass is 9.93. The molecule has 1 aliphatic rings. The maximum atomic E-state index is 12.5. The number of allylic oxidation sites excluding steroid dienone is 1. The van der Waals surface area contributed by atoms with Crippen molar-refractivity contribution in [2.24, 2.45) is 7.05 Å². The number of imidazole rings is 1. The molecule has 0 aliphatic heterocycles. The standard InChI is InChI=1S/C24H35F3N6O3/c1-14(29-11-15(2)34)8-22(28)32-19-9-18(10-20-23(19)31-13-33(20)3)36-17-6-4-16(5-7-17)30-12-21(35)24(25,26)27/h8-10,13,15-17,21,29-30,34-35H,4-7,11-12H2,1-3H3,(H2,28,32)/b14-8-/t15-,16-,17+,21+/m0/s1. The highest BCUT2D eigenvalue weighted by Crippen LogP contribution is 2.31. The molecule has 1 aromatic heterocycles. The van der Waals surface area contributed by atoms with Gasteiger partial charge >= 0.3 is 6.18 Å². The van der Waals surface area contributed by atoms with E-state index in [4.69, 9.17) is 10.1 Å². The number of amidine groups is 1. The number of aromatic nitrogens is 2. The molecule has 9 nitrogen and oxygen atoms in total. The number of aliphatic hydroxyl groups is 2. The largest absolute Gasteiger partial charge is 0.490 e. The monoisotopic (exact) mass is 512 g/mol. The Morgan fingerprint density at radius 1 is 1.25 bits per heavy atom. The van der Waals surface area contributed by atoms with Crippen LogP contribution in [0.15, 0.2) is 30.2 Å². The maximum absolute atomic E-state index is 12.5. The highest BCUT2D eigenvalue weighted by molar-refractivity contribution is 6.06. The SMILES string of the molecule is C/C(=C/C(=N)Nc1cc(O[C@H]2CC[C@@H](NC[C@@H](O)C(F)(F)F)CC2)cc2c1ncn2C)NC[C@H](C)O. The van der Waals surface area contributed by atoms with Gasteiger partial charge in [-0.05, 0) is 45.6 Å². The third kappa shape index (κ3) is 7.84. The molecule has 0 spiro atoms. The number of anilines is 1.